The summed E-state index contributed by atoms with van der Waals surface area (Å²) in [7, 11) is 0. The van der Waals surface area contributed by atoms with E-state index in [1.165, 1.54) is 39.8 Å². The predicted molar refractivity (Wildman–Crippen MR) is 78.3 cm³/mol. The number of rotatable bonds is 1. The molecule has 2 nitrogen and oxygen atoms in total. The summed E-state index contributed by atoms with van der Waals surface area (Å²) in [6, 6.07) is 13.2. The summed E-state index contributed by atoms with van der Waals surface area (Å²) >= 11 is 0. The van der Waals surface area contributed by atoms with Crippen LogP contribution >= 0.6 is 0 Å². The van der Waals surface area contributed by atoms with Gasteiger partial charge in [-0.15, -0.1) is 0 Å². The summed E-state index contributed by atoms with van der Waals surface area (Å²) in [5.41, 5.74) is 8.64. The van der Waals surface area contributed by atoms with Crippen LogP contribution in [0.2, 0.25) is 0 Å². The highest BCUT2D eigenvalue weighted by atomic mass is 15.1. The van der Waals surface area contributed by atoms with Crippen molar-refractivity contribution >= 4 is 12.0 Å². The van der Waals surface area contributed by atoms with E-state index in [2.05, 4.69) is 41.3 Å². The van der Waals surface area contributed by atoms with Crippen molar-refractivity contribution in [2.75, 3.05) is 11.4 Å². The van der Waals surface area contributed by atoms with Crippen LogP contribution in [0.4, 0.5) is 5.69 Å². The molecule has 2 heteroatoms. The normalized spacial score (nSPS) is 15.7. The molecule has 2 aliphatic rings. The first kappa shape index (κ1) is 10.8. The zero-order valence-electron chi connectivity index (χ0n) is 10.8. The molecule has 0 saturated heterocycles. The highest BCUT2D eigenvalue weighted by molar-refractivity contribution is 5.82. The minimum absolute atomic E-state index is 0.955. The molecule has 1 aliphatic heterocycles. The van der Waals surface area contributed by atoms with Gasteiger partial charge in [-0.1, -0.05) is 30.3 Å². The molecule has 4 rings (SSSR count). The Hall–Kier alpha value is -2.09. The highest BCUT2D eigenvalue weighted by Gasteiger charge is 2.25. The van der Waals surface area contributed by atoms with Gasteiger partial charge in [0.25, 0.3) is 0 Å². The molecule has 0 saturated carbocycles. The fourth-order valence-corrected chi connectivity index (χ4v) is 3.45. The molecule has 0 radical (unpaired) electrons. The van der Waals surface area contributed by atoms with Crippen LogP contribution in [-0.2, 0) is 19.3 Å². The molecule has 0 fully saturated rings. The van der Waals surface area contributed by atoms with Crippen LogP contribution in [0, 0.1) is 5.41 Å². The quantitative estimate of drug-likeness (QED) is 0.520. The molecule has 0 aromatic heterocycles. The van der Waals surface area contributed by atoms with E-state index in [9.17, 15) is 0 Å². The third-order valence-corrected chi connectivity index (χ3v) is 4.44. The van der Waals surface area contributed by atoms with Crippen LogP contribution in [0.5, 0.6) is 0 Å². The second-order valence-electron chi connectivity index (χ2n) is 5.40. The van der Waals surface area contributed by atoms with Gasteiger partial charge in [0.1, 0.15) is 0 Å². The van der Waals surface area contributed by atoms with Crippen molar-refractivity contribution in [2.24, 2.45) is 0 Å². The summed E-state index contributed by atoms with van der Waals surface area (Å²) < 4.78 is 0. The first-order valence-corrected chi connectivity index (χ1v) is 6.84. The molecule has 1 heterocycles. The molecule has 0 atom stereocenters. The van der Waals surface area contributed by atoms with Crippen molar-refractivity contribution in [3.8, 4) is 0 Å². The van der Waals surface area contributed by atoms with Gasteiger partial charge in [0.05, 0.1) is 6.34 Å². The third-order valence-electron chi connectivity index (χ3n) is 4.44. The lowest BCUT2D eigenvalue weighted by Crippen LogP contribution is -2.16. The van der Waals surface area contributed by atoms with Gasteiger partial charge in [-0.2, -0.15) is 0 Å². The zero-order chi connectivity index (χ0) is 12.8. The zero-order valence-corrected chi connectivity index (χ0v) is 10.8. The van der Waals surface area contributed by atoms with Crippen molar-refractivity contribution in [3.05, 3.63) is 64.2 Å². The van der Waals surface area contributed by atoms with E-state index in [-0.39, 0.29) is 0 Å². The molecule has 94 valence electrons. The van der Waals surface area contributed by atoms with Gasteiger partial charge in [-0.3, -0.25) is 5.41 Å². The van der Waals surface area contributed by atoms with Gasteiger partial charge in [-0.25, -0.2) is 0 Å². The lowest BCUT2D eigenvalue weighted by molar-refractivity contribution is 0.962. The molecule has 0 amide bonds. The van der Waals surface area contributed by atoms with Gasteiger partial charge < -0.3 is 4.90 Å². The van der Waals surface area contributed by atoms with Crippen molar-refractivity contribution < 1.29 is 0 Å². The van der Waals surface area contributed by atoms with E-state index in [4.69, 9.17) is 5.41 Å². The fourth-order valence-electron chi connectivity index (χ4n) is 3.45. The van der Waals surface area contributed by atoms with Crippen LogP contribution in [0.1, 0.15) is 27.8 Å². The summed E-state index contributed by atoms with van der Waals surface area (Å²) in [4.78, 5) is 2.05. The number of anilines is 1. The van der Waals surface area contributed by atoms with Gasteiger partial charge in [-0.05, 0) is 53.1 Å². The maximum absolute atomic E-state index is 7.49. The SMILES string of the molecule is N=CN1CCc2c1ccc1c2Cc2ccccc2C1. The van der Waals surface area contributed by atoms with Gasteiger partial charge in [0.2, 0.25) is 0 Å². The summed E-state index contributed by atoms with van der Waals surface area (Å²) in [6.45, 7) is 0.955. The standard InChI is InChI=1S/C17H16N2/c18-11-19-8-7-15-16-10-13-4-2-1-3-12(13)9-14(16)5-6-17(15)19/h1-6,11,18H,7-10H2. The van der Waals surface area contributed by atoms with Crippen LogP contribution in [-0.4, -0.2) is 12.9 Å². The minimum atomic E-state index is 0.955. The Morgan fingerprint density at radius 1 is 0.895 bits per heavy atom. The number of nitrogens with zero attached hydrogens (tertiary/aromatic N) is 1. The van der Waals surface area contributed by atoms with Crippen LogP contribution < -0.4 is 4.90 Å². The van der Waals surface area contributed by atoms with Crippen molar-refractivity contribution in [1.82, 2.24) is 0 Å². The highest BCUT2D eigenvalue weighted by Crippen LogP contribution is 2.37. The lowest BCUT2D eigenvalue weighted by atomic mass is 9.83. The molecule has 0 spiro atoms. The summed E-state index contributed by atoms with van der Waals surface area (Å²) in [5.74, 6) is 0. The molecular weight excluding hydrogens is 232 g/mol. The number of hydrogen-bond donors (Lipinski definition) is 1. The molecular formula is C17H16N2. The monoisotopic (exact) mass is 248 g/mol. The minimum Gasteiger partial charge on any atom is -0.332 e. The van der Waals surface area contributed by atoms with Gasteiger partial charge >= 0.3 is 0 Å². The molecule has 1 N–H and O–H groups in total. The Balaban J connectivity index is 1.85. The Kier molecular flexibility index (Phi) is 2.25. The number of benzene rings is 2. The molecule has 1 aliphatic carbocycles. The van der Waals surface area contributed by atoms with Gasteiger partial charge in [0.15, 0.2) is 0 Å². The summed E-state index contributed by atoms with van der Waals surface area (Å²) in [6.07, 6.45) is 4.65. The number of nitrogens with one attached hydrogen (secondary N) is 1. The van der Waals surface area contributed by atoms with E-state index < -0.39 is 0 Å². The maximum atomic E-state index is 7.49. The molecule has 0 unspecified atom stereocenters. The Morgan fingerprint density at radius 2 is 1.68 bits per heavy atom. The smallest absolute Gasteiger partial charge is 0.0861 e. The predicted octanol–water partition coefficient (Wildman–Crippen LogP) is 3.15. The maximum Gasteiger partial charge on any atom is 0.0861 e. The number of hydrogen-bond acceptors (Lipinski definition) is 1. The van der Waals surface area contributed by atoms with E-state index >= 15 is 0 Å². The Morgan fingerprint density at radius 3 is 2.47 bits per heavy atom. The van der Waals surface area contributed by atoms with Gasteiger partial charge in [0, 0.05) is 12.2 Å². The molecule has 19 heavy (non-hydrogen) atoms. The average Bonchev–Trinajstić information content (AvgIpc) is 2.88. The molecule has 2 aromatic carbocycles. The van der Waals surface area contributed by atoms with Crippen molar-refractivity contribution in [1.29, 1.82) is 5.41 Å². The van der Waals surface area contributed by atoms with E-state index in [0.29, 0.717) is 0 Å². The topological polar surface area (TPSA) is 27.1 Å². The second kappa shape index (κ2) is 3.95. The van der Waals surface area contributed by atoms with Crippen LogP contribution in [0.25, 0.3) is 0 Å². The molecule has 0 bridgehead atoms. The second-order valence-corrected chi connectivity index (χ2v) is 5.40. The first-order valence-electron chi connectivity index (χ1n) is 6.84. The largest absolute Gasteiger partial charge is 0.332 e. The van der Waals surface area contributed by atoms with E-state index in [1.54, 1.807) is 0 Å². The van der Waals surface area contributed by atoms with Crippen LogP contribution in [0.15, 0.2) is 36.4 Å². The number of fused-ring (bicyclic) bond motifs is 4. The lowest BCUT2D eigenvalue weighted by Gasteiger charge is -2.23. The Labute approximate surface area is 113 Å². The third kappa shape index (κ3) is 1.53. The Bertz CT molecular complexity index is 673. The van der Waals surface area contributed by atoms with Crippen molar-refractivity contribution in [2.45, 2.75) is 19.3 Å². The summed E-state index contributed by atoms with van der Waals surface area (Å²) in [5, 5.41) is 7.49. The first-order chi connectivity index (χ1) is 9.36. The van der Waals surface area contributed by atoms with Crippen LogP contribution in [0.3, 0.4) is 0 Å². The van der Waals surface area contributed by atoms with E-state index in [1.807, 2.05) is 0 Å². The average molecular weight is 248 g/mol. The van der Waals surface area contributed by atoms with Crippen molar-refractivity contribution in [3.63, 3.8) is 0 Å². The van der Waals surface area contributed by atoms with E-state index in [0.717, 1.165) is 25.8 Å². The fraction of sp³-hybridized carbons (Fsp3) is 0.235. The molecule has 2 aromatic rings.